The molecule has 19 heavy (non-hydrogen) atoms. The Kier molecular flexibility index (Phi) is 3.89. The Labute approximate surface area is 113 Å². The molecule has 2 atom stereocenters. The molecule has 0 amide bonds. The van der Waals surface area contributed by atoms with Crippen molar-refractivity contribution in [3.63, 3.8) is 0 Å². The van der Waals surface area contributed by atoms with E-state index >= 15 is 0 Å². The van der Waals surface area contributed by atoms with Crippen molar-refractivity contribution in [2.24, 2.45) is 5.41 Å². The van der Waals surface area contributed by atoms with Crippen molar-refractivity contribution in [3.8, 4) is 0 Å². The zero-order valence-electron chi connectivity index (χ0n) is 11.8. The highest BCUT2D eigenvalue weighted by molar-refractivity contribution is 5.43. The SMILES string of the molecule is CCOC1CC(Nc2nc(NC)ncc2F)C1(C)C. The van der Waals surface area contributed by atoms with Gasteiger partial charge in [0.05, 0.1) is 12.3 Å². The number of rotatable bonds is 5. The minimum Gasteiger partial charge on any atom is -0.378 e. The predicted molar refractivity (Wildman–Crippen MR) is 72.8 cm³/mol. The lowest BCUT2D eigenvalue weighted by atomic mass is 9.64. The molecule has 2 rings (SSSR count). The summed E-state index contributed by atoms with van der Waals surface area (Å²) >= 11 is 0. The molecule has 0 aliphatic heterocycles. The summed E-state index contributed by atoms with van der Waals surface area (Å²) in [5, 5.41) is 5.95. The van der Waals surface area contributed by atoms with Crippen LogP contribution in [0, 0.1) is 11.2 Å². The molecular formula is C13H21FN4O. The second-order valence-corrected chi connectivity index (χ2v) is 5.34. The fourth-order valence-corrected chi connectivity index (χ4v) is 2.37. The Bertz CT molecular complexity index is 452. The zero-order chi connectivity index (χ0) is 14.0. The summed E-state index contributed by atoms with van der Waals surface area (Å²) in [5.74, 6) is 0.212. The third-order valence-electron chi connectivity index (χ3n) is 3.82. The zero-order valence-corrected chi connectivity index (χ0v) is 11.8. The molecule has 1 aliphatic rings. The van der Waals surface area contributed by atoms with E-state index < -0.39 is 5.82 Å². The van der Waals surface area contributed by atoms with Crippen LogP contribution < -0.4 is 10.6 Å². The molecule has 0 spiro atoms. The summed E-state index contributed by atoms with van der Waals surface area (Å²) in [6, 6.07) is 0.151. The van der Waals surface area contributed by atoms with E-state index in [0.717, 1.165) is 6.42 Å². The van der Waals surface area contributed by atoms with Crippen molar-refractivity contribution in [3.05, 3.63) is 12.0 Å². The highest BCUT2D eigenvalue weighted by Gasteiger charge is 2.49. The van der Waals surface area contributed by atoms with Crippen molar-refractivity contribution < 1.29 is 9.13 Å². The minimum absolute atomic E-state index is 0.0345. The van der Waals surface area contributed by atoms with Crippen molar-refractivity contribution in [2.75, 3.05) is 24.3 Å². The Morgan fingerprint density at radius 3 is 2.84 bits per heavy atom. The van der Waals surface area contributed by atoms with Crippen LogP contribution in [0.3, 0.4) is 0 Å². The van der Waals surface area contributed by atoms with Crippen LogP contribution in [0.25, 0.3) is 0 Å². The van der Waals surface area contributed by atoms with Crippen LogP contribution in [-0.4, -0.2) is 35.8 Å². The molecule has 0 aromatic carbocycles. The van der Waals surface area contributed by atoms with E-state index in [-0.39, 0.29) is 23.4 Å². The van der Waals surface area contributed by atoms with E-state index in [1.165, 1.54) is 6.20 Å². The van der Waals surface area contributed by atoms with Crippen LogP contribution in [0.5, 0.6) is 0 Å². The third-order valence-corrected chi connectivity index (χ3v) is 3.82. The van der Waals surface area contributed by atoms with Gasteiger partial charge in [-0.15, -0.1) is 0 Å². The molecule has 6 heteroatoms. The number of anilines is 2. The number of hydrogen-bond acceptors (Lipinski definition) is 5. The Morgan fingerprint density at radius 1 is 1.53 bits per heavy atom. The van der Waals surface area contributed by atoms with Crippen LogP contribution in [-0.2, 0) is 4.74 Å². The molecule has 0 radical (unpaired) electrons. The summed E-state index contributed by atoms with van der Waals surface area (Å²) in [5.41, 5.74) is -0.0345. The number of halogens is 1. The van der Waals surface area contributed by atoms with Gasteiger partial charge >= 0.3 is 0 Å². The monoisotopic (exact) mass is 268 g/mol. The average Bonchev–Trinajstić information content (AvgIpc) is 2.39. The highest BCUT2D eigenvalue weighted by Crippen LogP contribution is 2.44. The maximum absolute atomic E-state index is 13.7. The quantitative estimate of drug-likeness (QED) is 0.858. The van der Waals surface area contributed by atoms with Crippen molar-refractivity contribution in [1.29, 1.82) is 0 Å². The topological polar surface area (TPSA) is 59.1 Å². The average molecular weight is 268 g/mol. The first-order valence-electron chi connectivity index (χ1n) is 6.57. The van der Waals surface area contributed by atoms with Gasteiger partial charge in [-0.1, -0.05) is 13.8 Å². The van der Waals surface area contributed by atoms with E-state index in [9.17, 15) is 4.39 Å². The van der Waals surface area contributed by atoms with Crippen LogP contribution in [0.4, 0.5) is 16.2 Å². The fourth-order valence-electron chi connectivity index (χ4n) is 2.37. The van der Waals surface area contributed by atoms with Crippen molar-refractivity contribution >= 4 is 11.8 Å². The summed E-state index contributed by atoms with van der Waals surface area (Å²) in [6.45, 7) is 6.92. The lowest BCUT2D eigenvalue weighted by Crippen LogP contribution is -2.58. The molecule has 0 bridgehead atoms. The molecule has 1 saturated carbocycles. The van der Waals surface area contributed by atoms with E-state index in [1.54, 1.807) is 7.05 Å². The van der Waals surface area contributed by atoms with E-state index in [4.69, 9.17) is 4.74 Å². The Morgan fingerprint density at radius 2 is 2.26 bits per heavy atom. The molecule has 1 aromatic heterocycles. The maximum Gasteiger partial charge on any atom is 0.224 e. The van der Waals surface area contributed by atoms with E-state index in [1.807, 2.05) is 6.92 Å². The molecule has 1 fully saturated rings. The minimum atomic E-state index is -0.436. The highest BCUT2D eigenvalue weighted by atomic mass is 19.1. The molecule has 1 heterocycles. The normalized spacial score (nSPS) is 24.7. The fraction of sp³-hybridized carbons (Fsp3) is 0.692. The molecular weight excluding hydrogens is 247 g/mol. The second-order valence-electron chi connectivity index (χ2n) is 5.34. The van der Waals surface area contributed by atoms with Gasteiger partial charge in [0, 0.05) is 25.1 Å². The Balaban J connectivity index is 2.07. The number of hydrogen-bond donors (Lipinski definition) is 2. The molecule has 2 N–H and O–H groups in total. The lowest BCUT2D eigenvalue weighted by Gasteiger charge is -2.51. The first kappa shape index (κ1) is 14.0. The smallest absolute Gasteiger partial charge is 0.224 e. The number of nitrogens with one attached hydrogen (secondary N) is 2. The molecule has 0 saturated heterocycles. The summed E-state index contributed by atoms with van der Waals surface area (Å²) < 4.78 is 19.3. The Hall–Kier alpha value is -1.43. The first-order valence-corrected chi connectivity index (χ1v) is 6.57. The van der Waals surface area contributed by atoms with Gasteiger partial charge in [-0.25, -0.2) is 9.37 Å². The predicted octanol–water partition coefficient (Wildman–Crippen LogP) is 2.27. The summed E-state index contributed by atoms with van der Waals surface area (Å²) in [6.07, 6.45) is 2.25. The standard InChI is InChI=1S/C13H21FN4O/c1-5-19-10-6-9(13(10,2)3)17-11-8(14)7-16-12(15-4)18-11/h7,9-10H,5-6H2,1-4H3,(H2,15,16,17,18). The van der Waals surface area contributed by atoms with Gasteiger partial charge in [0.2, 0.25) is 5.95 Å². The number of aromatic nitrogens is 2. The van der Waals surface area contributed by atoms with Gasteiger partial charge in [-0.2, -0.15) is 4.98 Å². The second kappa shape index (κ2) is 5.28. The maximum atomic E-state index is 13.7. The van der Waals surface area contributed by atoms with Gasteiger partial charge in [-0.3, -0.25) is 0 Å². The van der Waals surface area contributed by atoms with Crippen LogP contribution in [0.15, 0.2) is 6.20 Å². The molecule has 1 aliphatic carbocycles. The van der Waals surface area contributed by atoms with E-state index in [0.29, 0.717) is 12.6 Å². The largest absolute Gasteiger partial charge is 0.378 e. The molecule has 2 unspecified atom stereocenters. The van der Waals surface area contributed by atoms with Crippen molar-refractivity contribution in [2.45, 2.75) is 39.3 Å². The van der Waals surface area contributed by atoms with Crippen LogP contribution in [0.2, 0.25) is 0 Å². The van der Waals surface area contributed by atoms with Gasteiger partial charge < -0.3 is 15.4 Å². The van der Waals surface area contributed by atoms with Gasteiger partial charge in [0.15, 0.2) is 11.6 Å². The first-order chi connectivity index (χ1) is 8.98. The van der Waals surface area contributed by atoms with Gasteiger partial charge in [0.25, 0.3) is 0 Å². The summed E-state index contributed by atoms with van der Waals surface area (Å²) in [7, 11) is 1.70. The molecule has 5 nitrogen and oxygen atoms in total. The van der Waals surface area contributed by atoms with E-state index in [2.05, 4.69) is 34.4 Å². The lowest BCUT2D eigenvalue weighted by molar-refractivity contribution is -0.0977. The summed E-state index contributed by atoms with van der Waals surface area (Å²) in [4.78, 5) is 7.93. The number of nitrogens with zero attached hydrogens (tertiary/aromatic N) is 2. The van der Waals surface area contributed by atoms with Crippen LogP contribution >= 0.6 is 0 Å². The van der Waals surface area contributed by atoms with Gasteiger partial charge in [-0.05, 0) is 13.3 Å². The number of ether oxygens (including phenoxy) is 1. The molecule has 106 valence electrons. The van der Waals surface area contributed by atoms with Crippen molar-refractivity contribution in [1.82, 2.24) is 9.97 Å². The van der Waals surface area contributed by atoms with Crippen LogP contribution in [0.1, 0.15) is 27.2 Å². The third kappa shape index (κ3) is 2.63. The molecule has 1 aromatic rings. The van der Waals surface area contributed by atoms with Gasteiger partial charge in [0.1, 0.15) is 0 Å².